The lowest BCUT2D eigenvalue weighted by Crippen LogP contribution is -1.87. The lowest BCUT2D eigenvalue weighted by molar-refractivity contribution is 0.672. The van der Waals surface area contributed by atoms with Gasteiger partial charge in [0.25, 0.3) is 0 Å². The van der Waals surface area contributed by atoms with Gasteiger partial charge in [-0.25, -0.2) is 0 Å². The molecule has 104 valence electrons. The van der Waals surface area contributed by atoms with Gasteiger partial charge < -0.3 is 4.42 Å². The van der Waals surface area contributed by atoms with Crippen LogP contribution in [0.2, 0.25) is 0 Å². The number of rotatable bonds is 1. The topological polar surface area (TPSA) is 13.1 Å². The molecule has 1 nitrogen and oxygen atoms in total. The Morgan fingerprint density at radius 1 is 0.905 bits per heavy atom. The number of hydrogen-bond acceptors (Lipinski definition) is 1. The molecule has 0 saturated heterocycles. The van der Waals surface area contributed by atoms with E-state index in [0.717, 1.165) is 21.0 Å². The van der Waals surface area contributed by atoms with E-state index in [4.69, 9.17) is 4.42 Å². The summed E-state index contributed by atoms with van der Waals surface area (Å²) < 4.78 is 7.31. The maximum Gasteiger partial charge on any atom is 0.143 e. The summed E-state index contributed by atoms with van der Waals surface area (Å²) in [7, 11) is 0. The van der Waals surface area contributed by atoms with Crippen LogP contribution in [-0.4, -0.2) is 0 Å². The molecule has 0 atom stereocenters. The van der Waals surface area contributed by atoms with Crippen LogP contribution in [0.4, 0.5) is 0 Å². The third-order valence-electron chi connectivity index (χ3n) is 4.11. The molecule has 0 aliphatic heterocycles. The van der Waals surface area contributed by atoms with Crippen molar-refractivity contribution in [2.24, 2.45) is 0 Å². The fourth-order valence-corrected chi connectivity index (χ4v) is 3.69. The first-order valence-electron chi connectivity index (χ1n) is 7.19. The Balaban J connectivity index is 2.29. The van der Waals surface area contributed by atoms with E-state index in [-0.39, 0.29) is 0 Å². The number of benzene rings is 3. The van der Waals surface area contributed by atoms with Crippen LogP contribution in [0.25, 0.3) is 32.7 Å². The SMILES string of the molecule is CC(C)c1cccc2oc3c4ccccc4c(Br)cc3c12. The molecule has 0 saturated carbocycles. The van der Waals surface area contributed by atoms with Crippen molar-refractivity contribution in [2.75, 3.05) is 0 Å². The third-order valence-corrected chi connectivity index (χ3v) is 4.76. The fraction of sp³-hybridized carbons (Fsp3) is 0.158. The quantitative estimate of drug-likeness (QED) is 0.379. The predicted molar refractivity (Wildman–Crippen MR) is 93.0 cm³/mol. The van der Waals surface area contributed by atoms with Crippen molar-refractivity contribution in [3.8, 4) is 0 Å². The minimum Gasteiger partial charge on any atom is -0.455 e. The number of fused-ring (bicyclic) bond motifs is 5. The summed E-state index contributed by atoms with van der Waals surface area (Å²) in [6, 6.07) is 16.9. The normalized spacial score (nSPS) is 12.0. The van der Waals surface area contributed by atoms with Crippen LogP contribution >= 0.6 is 15.9 Å². The minimum atomic E-state index is 0.472. The Kier molecular flexibility index (Phi) is 2.83. The first-order chi connectivity index (χ1) is 10.2. The van der Waals surface area contributed by atoms with Gasteiger partial charge in [-0.3, -0.25) is 0 Å². The first-order valence-corrected chi connectivity index (χ1v) is 7.98. The van der Waals surface area contributed by atoms with Gasteiger partial charge in [-0.2, -0.15) is 0 Å². The molecular formula is C19H15BrO. The highest BCUT2D eigenvalue weighted by Crippen LogP contribution is 2.40. The largest absolute Gasteiger partial charge is 0.455 e. The number of hydrogen-bond donors (Lipinski definition) is 0. The first kappa shape index (κ1) is 12.9. The molecule has 1 aromatic heterocycles. The molecule has 1 heterocycles. The monoisotopic (exact) mass is 338 g/mol. The third kappa shape index (κ3) is 1.82. The Bertz CT molecular complexity index is 979. The molecule has 21 heavy (non-hydrogen) atoms. The average molecular weight is 339 g/mol. The van der Waals surface area contributed by atoms with Crippen LogP contribution in [0.15, 0.2) is 57.4 Å². The Morgan fingerprint density at radius 3 is 2.43 bits per heavy atom. The molecule has 0 amide bonds. The standard InChI is InChI=1S/C19H15BrO/c1-11(2)12-8-5-9-17-18(12)15-10-16(20)13-6-3-4-7-14(13)19(15)21-17/h3-11H,1-2H3. The summed E-state index contributed by atoms with van der Waals surface area (Å²) in [6.45, 7) is 4.45. The molecule has 0 spiro atoms. The maximum absolute atomic E-state index is 6.19. The highest BCUT2D eigenvalue weighted by molar-refractivity contribution is 9.10. The van der Waals surface area contributed by atoms with Crippen LogP contribution < -0.4 is 0 Å². The summed E-state index contributed by atoms with van der Waals surface area (Å²) in [5.74, 6) is 0.472. The molecule has 2 heteroatoms. The minimum absolute atomic E-state index is 0.472. The summed E-state index contributed by atoms with van der Waals surface area (Å²) in [4.78, 5) is 0. The molecule has 0 fully saturated rings. The lowest BCUT2D eigenvalue weighted by atomic mass is 9.96. The zero-order valence-electron chi connectivity index (χ0n) is 12.0. The zero-order valence-corrected chi connectivity index (χ0v) is 13.6. The van der Waals surface area contributed by atoms with Gasteiger partial charge in [0.2, 0.25) is 0 Å². The van der Waals surface area contributed by atoms with Crippen molar-refractivity contribution in [2.45, 2.75) is 19.8 Å². The predicted octanol–water partition coefficient (Wildman–Crippen LogP) is 6.63. The highest BCUT2D eigenvalue weighted by atomic mass is 79.9. The van der Waals surface area contributed by atoms with E-state index in [9.17, 15) is 0 Å². The van der Waals surface area contributed by atoms with Crippen LogP contribution in [0, 0.1) is 0 Å². The van der Waals surface area contributed by atoms with E-state index in [1.54, 1.807) is 0 Å². The van der Waals surface area contributed by atoms with E-state index in [0.29, 0.717) is 5.92 Å². The second kappa shape index (κ2) is 4.60. The summed E-state index contributed by atoms with van der Waals surface area (Å²) in [6.07, 6.45) is 0. The molecule has 4 rings (SSSR count). The van der Waals surface area contributed by atoms with E-state index < -0.39 is 0 Å². The van der Waals surface area contributed by atoms with Crippen molar-refractivity contribution in [1.82, 2.24) is 0 Å². The number of furan rings is 1. The Hall–Kier alpha value is -1.80. The van der Waals surface area contributed by atoms with Gasteiger partial charge in [-0.15, -0.1) is 0 Å². The molecule has 0 unspecified atom stereocenters. The van der Waals surface area contributed by atoms with Gasteiger partial charge in [-0.1, -0.05) is 66.2 Å². The van der Waals surface area contributed by atoms with Crippen molar-refractivity contribution in [3.63, 3.8) is 0 Å². The average Bonchev–Trinajstić information content (AvgIpc) is 2.86. The van der Waals surface area contributed by atoms with E-state index in [1.807, 2.05) is 0 Å². The van der Waals surface area contributed by atoms with Crippen LogP contribution in [0.3, 0.4) is 0 Å². The van der Waals surface area contributed by atoms with Crippen LogP contribution in [-0.2, 0) is 0 Å². The second-order valence-electron chi connectivity index (χ2n) is 5.76. The smallest absolute Gasteiger partial charge is 0.143 e. The van der Waals surface area contributed by atoms with E-state index in [2.05, 4.69) is 78.3 Å². The van der Waals surface area contributed by atoms with Crippen LogP contribution in [0.5, 0.6) is 0 Å². The number of halogens is 1. The summed E-state index contributed by atoms with van der Waals surface area (Å²) in [5.41, 5.74) is 3.30. The van der Waals surface area contributed by atoms with Gasteiger partial charge >= 0.3 is 0 Å². The van der Waals surface area contributed by atoms with Gasteiger partial charge in [0.1, 0.15) is 11.2 Å². The van der Waals surface area contributed by atoms with Gasteiger partial charge in [0, 0.05) is 20.6 Å². The molecule has 3 aromatic carbocycles. The molecule has 4 aromatic rings. The second-order valence-corrected chi connectivity index (χ2v) is 6.61. The molecular weight excluding hydrogens is 324 g/mol. The lowest BCUT2D eigenvalue weighted by Gasteiger charge is -2.07. The molecule has 0 aliphatic rings. The summed E-state index contributed by atoms with van der Waals surface area (Å²) in [5, 5.41) is 4.79. The van der Waals surface area contributed by atoms with Gasteiger partial charge in [-0.05, 0) is 29.0 Å². The Labute approximate surface area is 131 Å². The molecule has 0 radical (unpaired) electrons. The van der Waals surface area contributed by atoms with Crippen LogP contribution in [0.1, 0.15) is 25.3 Å². The molecule has 0 aliphatic carbocycles. The van der Waals surface area contributed by atoms with Crippen molar-refractivity contribution in [1.29, 1.82) is 0 Å². The maximum atomic E-state index is 6.19. The fourth-order valence-electron chi connectivity index (χ4n) is 3.11. The summed E-state index contributed by atoms with van der Waals surface area (Å²) >= 11 is 3.71. The van der Waals surface area contributed by atoms with Crippen molar-refractivity contribution < 1.29 is 4.42 Å². The Morgan fingerprint density at radius 2 is 1.67 bits per heavy atom. The van der Waals surface area contributed by atoms with Crippen molar-refractivity contribution in [3.05, 3.63) is 58.6 Å². The van der Waals surface area contributed by atoms with Gasteiger partial charge in [0.05, 0.1) is 0 Å². The van der Waals surface area contributed by atoms with E-state index in [1.165, 1.54) is 21.7 Å². The van der Waals surface area contributed by atoms with E-state index >= 15 is 0 Å². The van der Waals surface area contributed by atoms with Gasteiger partial charge in [0.15, 0.2) is 0 Å². The molecule has 0 bridgehead atoms. The molecule has 0 N–H and O–H groups in total. The zero-order chi connectivity index (χ0) is 14.6. The van der Waals surface area contributed by atoms with Crippen molar-refractivity contribution >= 4 is 48.6 Å². The highest BCUT2D eigenvalue weighted by Gasteiger charge is 2.16.